The zero-order valence-corrected chi connectivity index (χ0v) is 13.0. The molecule has 0 bridgehead atoms. The SMILES string of the molecule is CCC(C)(C)NC(=O)C(C)N1CCC(O)(C(F)(F)F)CC1. The van der Waals surface area contributed by atoms with E-state index in [4.69, 9.17) is 0 Å². The van der Waals surface area contributed by atoms with Gasteiger partial charge < -0.3 is 10.4 Å². The fraction of sp³-hybridized carbons (Fsp3) is 0.929. The summed E-state index contributed by atoms with van der Waals surface area (Å²) in [6.07, 6.45) is -4.65. The molecule has 4 nitrogen and oxygen atoms in total. The Balaban J connectivity index is 2.60. The van der Waals surface area contributed by atoms with Gasteiger partial charge in [0.15, 0.2) is 5.60 Å². The number of amides is 1. The van der Waals surface area contributed by atoms with E-state index in [9.17, 15) is 23.1 Å². The monoisotopic (exact) mass is 310 g/mol. The second-order valence-corrected chi connectivity index (χ2v) is 6.47. The van der Waals surface area contributed by atoms with Gasteiger partial charge in [-0.25, -0.2) is 0 Å². The number of hydrogen-bond donors (Lipinski definition) is 2. The highest BCUT2D eigenvalue weighted by molar-refractivity contribution is 5.82. The lowest BCUT2D eigenvalue weighted by atomic mass is 9.90. The molecule has 1 unspecified atom stereocenters. The predicted octanol–water partition coefficient (Wildman–Crippen LogP) is 2.07. The number of nitrogens with one attached hydrogen (secondary N) is 1. The van der Waals surface area contributed by atoms with Gasteiger partial charge in [-0.15, -0.1) is 0 Å². The van der Waals surface area contributed by atoms with Crippen molar-refractivity contribution in [3.8, 4) is 0 Å². The number of halogens is 3. The van der Waals surface area contributed by atoms with E-state index in [1.165, 1.54) is 0 Å². The van der Waals surface area contributed by atoms with Gasteiger partial charge in [0.2, 0.25) is 5.91 Å². The molecular formula is C14H25F3N2O2. The lowest BCUT2D eigenvalue weighted by Crippen LogP contribution is -2.58. The molecule has 1 heterocycles. The second-order valence-electron chi connectivity index (χ2n) is 6.47. The van der Waals surface area contributed by atoms with Gasteiger partial charge in [0.05, 0.1) is 6.04 Å². The smallest absolute Gasteiger partial charge is 0.380 e. The Morgan fingerprint density at radius 1 is 1.33 bits per heavy atom. The number of nitrogens with zero attached hydrogens (tertiary/aromatic N) is 1. The molecular weight excluding hydrogens is 285 g/mol. The Morgan fingerprint density at radius 2 is 1.81 bits per heavy atom. The van der Waals surface area contributed by atoms with E-state index in [1.54, 1.807) is 11.8 Å². The minimum absolute atomic E-state index is 0.0527. The first-order valence-corrected chi connectivity index (χ1v) is 7.27. The quantitative estimate of drug-likeness (QED) is 0.836. The Labute approximate surface area is 123 Å². The van der Waals surface area contributed by atoms with Crippen LogP contribution in [0.2, 0.25) is 0 Å². The molecule has 1 fully saturated rings. The molecule has 124 valence electrons. The van der Waals surface area contributed by atoms with Gasteiger partial charge in [0.25, 0.3) is 0 Å². The first kappa shape index (κ1) is 18.2. The molecule has 0 saturated carbocycles. The third-order valence-corrected chi connectivity index (χ3v) is 4.43. The Morgan fingerprint density at radius 3 is 2.19 bits per heavy atom. The maximum absolute atomic E-state index is 12.7. The molecule has 0 aromatic rings. The number of carbonyl (C=O) groups excluding carboxylic acids is 1. The van der Waals surface area contributed by atoms with Gasteiger partial charge >= 0.3 is 6.18 Å². The van der Waals surface area contributed by atoms with E-state index in [0.29, 0.717) is 0 Å². The average Bonchev–Trinajstić information content (AvgIpc) is 2.37. The highest BCUT2D eigenvalue weighted by Crippen LogP contribution is 2.38. The molecule has 21 heavy (non-hydrogen) atoms. The van der Waals surface area contributed by atoms with E-state index in [2.05, 4.69) is 5.32 Å². The summed E-state index contributed by atoms with van der Waals surface area (Å²) in [6, 6.07) is -0.506. The molecule has 0 spiro atoms. The van der Waals surface area contributed by atoms with Crippen molar-refractivity contribution in [2.24, 2.45) is 0 Å². The molecule has 0 aromatic carbocycles. The van der Waals surface area contributed by atoms with Gasteiger partial charge in [-0.05, 0) is 40.0 Å². The van der Waals surface area contributed by atoms with Crippen LogP contribution in [0.4, 0.5) is 13.2 Å². The second kappa shape index (κ2) is 6.12. The number of rotatable bonds is 4. The van der Waals surface area contributed by atoms with Crippen LogP contribution in [-0.4, -0.2) is 52.4 Å². The zero-order valence-electron chi connectivity index (χ0n) is 13.0. The zero-order chi connectivity index (χ0) is 16.5. The molecule has 1 atom stereocenters. The number of piperidine rings is 1. The van der Waals surface area contributed by atoms with Crippen molar-refractivity contribution in [3.63, 3.8) is 0 Å². The Hall–Kier alpha value is -0.820. The molecule has 1 rings (SSSR count). The van der Waals surface area contributed by atoms with Crippen LogP contribution in [-0.2, 0) is 4.79 Å². The largest absolute Gasteiger partial charge is 0.417 e. The van der Waals surface area contributed by atoms with E-state index >= 15 is 0 Å². The van der Waals surface area contributed by atoms with Crippen molar-refractivity contribution in [2.75, 3.05) is 13.1 Å². The maximum atomic E-state index is 12.7. The Bertz CT molecular complexity index is 375. The number of hydrogen-bond acceptors (Lipinski definition) is 3. The van der Waals surface area contributed by atoms with Crippen LogP contribution in [0.15, 0.2) is 0 Å². The molecule has 0 aromatic heterocycles. The summed E-state index contributed by atoms with van der Waals surface area (Å²) in [5.41, 5.74) is -2.96. The van der Waals surface area contributed by atoms with Crippen LogP contribution in [0.5, 0.6) is 0 Å². The van der Waals surface area contributed by atoms with Gasteiger partial charge in [-0.1, -0.05) is 6.92 Å². The van der Waals surface area contributed by atoms with Crippen molar-refractivity contribution in [3.05, 3.63) is 0 Å². The summed E-state index contributed by atoms with van der Waals surface area (Å²) >= 11 is 0. The van der Waals surface area contributed by atoms with Crippen molar-refractivity contribution < 1.29 is 23.1 Å². The molecule has 1 aliphatic rings. The summed E-state index contributed by atoms with van der Waals surface area (Å²) < 4.78 is 38.2. The number of aliphatic hydroxyl groups is 1. The van der Waals surface area contributed by atoms with Crippen LogP contribution in [0.1, 0.15) is 47.0 Å². The molecule has 1 aliphatic heterocycles. The van der Waals surface area contributed by atoms with E-state index in [1.807, 2.05) is 20.8 Å². The van der Waals surface area contributed by atoms with E-state index in [0.717, 1.165) is 6.42 Å². The third kappa shape index (κ3) is 4.32. The van der Waals surface area contributed by atoms with E-state index in [-0.39, 0.29) is 24.5 Å². The summed E-state index contributed by atoms with van der Waals surface area (Å²) in [5.74, 6) is -0.195. The van der Waals surface area contributed by atoms with Gasteiger partial charge in [0, 0.05) is 18.6 Å². The summed E-state index contributed by atoms with van der Waals surface area (Å²) in [6.45, 7) is 7.54. The summed E-state index contributed by atoms with van der Waals surface area (Å²) in [4.78, 5) is 13.8. The molecule has 1 saturated heterocycles. The number of alkyl halides is 3. The van der Waals surface area contributed by atoms with Crippen LogP contribution in [0.25, 0.3) is 0 Å². The van der Waals surface area contributed by atoms with Gasteiger partial charge in [0.1, 0.15) is 0 Å². The van der Waals surface area contributed by atoms with Crippen molar-refractivity contribution in [1.82, 2.24) is 10.2 Å². The first-order valence-electron chi connectivity index (χ1n) is 7.27. The normalized spacial score (nSPS) is 21.9. The van der Waals surface area contributed by atoms with E-state index < -0.39 is 30.7 Å². The predicted molar refractivity (Wildman–Crippen MR) is 73.8 cm³/mol. The number of likely N-dealkylation sites (tertiary alicyclic amines) is 1. The minimum Gasteiger partial charge on any atom is -0.380 e. The van der Waals surface area contributed by atoms with Crippen LogP contribution < -0.4 is 5.32 Å². The topological polar surface area (TPSA) is 52.6 Å². The molecule has 1 amide bonds. The fourth-order valence-corrected chi connectivity index (χ4v) is 2.26. The number of carbonyl (C=O) groups is 1. The van der Waals surface area contributed by atoms with Crippen LogP contribution in [0.3, 0.4) is 0 Å². The lowest BCUT2D eigenvalue weighted by Gasteiger charge is -2.41. The van der Waals surface area contributed by atoms with Crippen molar-refractivity contribution >= 4 is 5.91 Å². The van der Waals surface area contributed by atoms with Crippen LogP contribution >= 0.6 is 0 Å². The van der Waals surface area contributed by atoms with Crippen LogP contribution in [0, 0.1) is 0 Å². The van der Waals surface area contributed by atoms with Crippen molar-refractivity contribution in [1.29, 1.82) is 0 Å². The first-order chi connectivity index (χ1) is 9.42. The molecule has 0 aliphatic carbocycles. The average molecular weight is 310 g/mol. The molecule has 2 N–H and O–H groups in total. The molecule has 7 heteroatoms. The highest BCUT2D eigenvalue weighted by atomic mass is 19.4. The highest BCUT2D eigenvalue weighted by Gasteiger charge is 2.54. The Kier molecular flexibility index (Phi) is 5.31. The lowest BCUT2D eigenvalue weighted by molar-refractivity contribution is -0.273. The third-order valence-electron chi connectivity index (χ3n) is 4.43. The van der Waals surface area contributed by atoms with Gasteiger partial charge in [-0.2, -0.15) is 13.2 Å². The fourth-order valence-electron chi connectivity index (χ4n) is 2.26. The summed E-state index contributed by atoms with van der Waals surface area (Å²) in [5, 5.41) is 12.5. The molecule has 0 radical (unpaired) electrons. The van der Waals surface area contributed by atoms with Gasteiger partial charge in [-0.3, -0.25) is 9.69 Å². The summed E-state index contributed by atoms with van der Waals surface area (Å²) in [7, 11) is 0. The minimum atomic E-state index is -4.62. The van der Waals surface area contributed by atoms with Crippen molar-refractivity contribution in [2.45, 2.75) is 70.3 Å². The maximum Gasteiger partial charge on any atom is 0.417 e. The standard InChI is InChI=1S/C14H25F3N2O2/c1-5-12(3,4)18-11(20)10(2)19-8-6-13(21,7-9-19)14(15,16)17/h10,21H,5-9H2,1-4H3,(H,18,20).